The zero-order valence-electron chi connectivity index (χ0n) is 14.4. The van der Waals surface area contributed by atoms with Crippen molar-refractivity contribution in [3.63, 3.8) is 0 Å². The number of carbonyl (C=O) groups excluding carboxylic acids is 1. The van der Waals surface area contributed by atoms with Gasteiger partial charge in [0, 0.05) is 38.3 Å². The third-order valence-corrected chi connectivity index (χ3v) is 5.34. The molecule has 4 nitrogen and oxygen atoms in total. The Morgan fingerprint density at radius 1 is 1.25 bits per heavy atom. The number of hydrogen-bond acceptors (Lipinski definition) is 4. The first-order valence-corrected chi connectivity index (χ1v) is 9.37. The Morgan fingerprint density at radius 2 is 2.04 bits per heavy atom. The van der Waals surface area contributed by atoms with Crippen LogP contribution in [0.2, 0.25) is 0 Å². The minimum absolute atomic E-state index is 0.00746. The average Bonchev–Trinajstić information content (AvgIpc) is 3.11. The van der Waals surface area contributed by atoms with E-state index in [9.17, 15) is 4.79 Å². The van der Waals surface area contributed by atoms with E-state index in [1.165, 1.54) is 5.56 Å². The SMILES string of the molecule is Cc1cccc(C(=O)NCC(c2ccsc2)N2CCN(C)CC2)c1. The minimum Gasteiger partial charge on any atom is -0.350 e. The van der Waals surface area contributed by atoms with Crippen molar-refractivity contribution in [1.82, 2.24) is 15.1 Å². The molecule has 2 heterocycles. The van der Waals surface area contributed by atoms with Crippen LogP contribution in [0.5, 0.6) is 0 Å². The van der Waals surface area contributed by atoms with Crippen LogP contribution in [-0.2, 0) is 0 Å². The number of benzene rings is 1. The number of likely N-dealkylation sites (N-methyl/N-ethyl adjacent to an activating group) is 1. The highest BCUT2D eigenvalue weighted by atomic mass is 32.1. The largest absolute Gasteiger partial charge is 0.350 e. The molecule has 1 atom stereocenters. The smallest absolute Gasteiger partial charge is 0.251 e. The Morgan fingerprint density at radius 3 is 2.71 bits per heavy atom. The van der Waals surface area contributed by atoms with Crippen molar-refractivity contribution in [3.05, 3.63) is 57.8 Å². The van der Waals surface area contributed by atoms with Crippen molar-refractivity contribution in [2.45, 2.75) is 13.0 Å². The van der Waals surface area contributed by atoms with Crippen LogP contribution in [0.3, 0.4) is 0 Å². The molecule has 0 bridgehead atoms. The molecule has 0 spiro atoms. The molecule has 1 fully saturated rings. The summed E-state index contributed by atoms with van der Waals surface area (Å²) in [7, 11) is 2.16. The molecule has 2 aromatic rings. The summed E-state index contributed by atoms with van der Waals surface area (Å²) in [6.07, 6.45) is 0. The molecule has 1 saturated heterocycles. The van der Waals surface area contributed by atoms with Gasteiger partial charge in [-0.25, -0.2) is 0 Å². The van der Waals surface area contributed by atoms with Crippen molar-refractivity contribution in [3.8, 4) is 0 Å². The second-order valence-electron chi connectivity index (χ2n) is 6.49. The molecule has 5 heteroatoms. The molecule has 24 heavy (non-hydrogen) atoms. The molecular formula is C19H25N3OS. The number of amides is 1. The van der Waals surface area contributed by atoms with Crippen LogP contribution < -0.4 is 5.32 Å². The van der Waals surface area contributed by atoms with E-state index in [4.69, 9.17) is 0 Å². The van der Waals surface area contributed by atoms with E-state index >= 15 is 0 Å². The van der Waals surface area contributed by atoms with Crippen LogP contribution in [0.4, 0.5) is 0 Å². The summed E-state index contributed by atoms with van der Waals surface area (Å²) in [6.45, 7) is 6.88. The normalized spacial score (nSPS) is 17.6. The molecule has 1 aromatic heterocycles. The average molecular weight is 343 g/mol. The Kier molecular flexibility index (Phi) is 5.66. The molecule has 1 aromatic carbocycles. The maximum atomic E-state index is 12.5. The van der Waals surface area contributed by atoms with E-state index < -0.39 is 0 Å². The number of aryl methyl sites for hydroxylation is 1. The maximum absolute atomic E-state index is 12.5. The van der Waals surface area contributed by atoms with Crippen LogP contribution in [-0.4, -0.2) is 55.5 Å². The van der Waals surface area contributed by atoms with Gasteiger partial charge in [0.2, 0.25) is 0 Å². The van der Waals surface area contributed by atoms with Gasteiger partial charge in [0.05, 0.1) is 6.04 Å². The molecule has 1 amide bonds. The molecule has 128 valence electrons. The number of carbonyl (C=O) groups is 1. The summed E-state index contributed by atoms with van der Waals surface area (Å²) in [5.74, 6) is 0.00746. The summed E-state index contributed by atoms with van der Waals surface area (Å²) in [5.41, 5.74) is 3.14. The van der Waals surface area contributed by atoms with Gasteiger partial charge < -0.3 is 10.2 Å². The van der Waals surface area contributed by atoms with E-state index in [2.05, 4.69) is 39.0 Å². The van der Waals surface area contributed by atoms with Gasteiger partial charge in [-0.2, -0.15) is 11.3 Å². The van der Waals surface area contributed by atoms with E-state index in [0.29, 0.717) is 6.54 Å². The van der Waals surface area contributed by atoms with Gasteiger partial charge in [0.1, 0.15) is 0 Å². The van der Waals surface area contributed by atoms with Gasteiger partial charge in [0.15, 0.2) is 0 Å². The number of hydrogen-bond donors (Lipinski definition) is 1. The highest BCUT2D eigenvalue weighted by molar-refractivity contribution is 7.07. The van der Waals surface area contributed by atoms with E-state index in [-0.39, 0.29) is 11.9 Å². The van der Waals surface area contributed by atoms with Crippen LogP contribution in [0.1, 0.15) is 27.5 Å². The fourth-order valence-electron chi connectivity index (χ4n) is 3.13. The fraction of sp³-hybridized carbons (Fsp3) is 0.421. The van der Waals surface area contributed by atoms with Crippen LogP contribution in [0.25, 0.3) is 0 Å². The highest BCUT2D eigenvalue weighted by Crippen LogP contribution is 2.23. The molecule has 1 unspecified atom stereocenters. The van der Waals surface area contributed by atoms with E-state index in [1.54, 1.807) is 11.3 Å². The zero-order chi connectivity index (χ0) is 16.9. The summed E-state index contributed by atoms with van der Waals surface area (Å²) in [4.78, 5) is 17.3. The number of nitrogens with one attached hydrogen (secondary N) is 1. The topological polar surface area (TPSA) is 35.6 Å². The lowest BCUT2D eigenvalue weighted by Gasteiger charge is -2.38. The van der Waals surface area contributed by atoms with Crippen molar-refractivity contribution >= 4 is 17.2 Å². The number of thiophene rings is 1. The van der Waals surface area contributed by atoms with E-state index in [1.807, 2.05) is 31.2 Å². The van der Waals surface area contributed by atoms with Gasteiger partial charge >= 0.3 is 0 Å². The van der Waals surface area contributed by atoms with Gasteiger partial charge in [-0.15, -0.1) is 0 Å². The molecule has 1 N–H and O–H groups in total. The number of piperazine rings is 1. The third-order valence-electron chi connectivity index (χ3n) is 4.64. The third kappa shape index (κ3) is 4.23. The summed E-state index contributed by atoms with van der Waals surface area (Å²) >= 11 is 1.72. The second kappa shape index (κ2) is 7.92. The summed E-state index contributed by atoms with van der Waals surface area (Å²) in [6, 6.07) is 10.2. The zero-order valence-corrected chi connectivity index (χ0v) is 15.2. The molecule has 1 aliphatic rings. The Hall–Kier alpha value is -1.69. The van der Waals surface area contributed by atoms with Crippen molar-refractivity contribution in [2.24, 2.45) is 0 Å². The van der Waals surface area contributed by atoms with Crippen LogP contribution >= 0.6 is 11.3 Å². The minimum atomic E-state index is 0.00746. The Bertz CT molecular complexity index is 663. The quantitative estimate of drug-likeness (QED) is 0.907. The Balaban J connectivity index is 1.67. The summed E-state index contributed by atoms with van der Waals surface area (Å²) in [5, 5.41) is 7.44. The van der Waals surface area contributed by atoms with Crippen LogP contribution in [0.15, 0.2) is 41.1 Å². The standard InChI is InChI=1S/C19H25N3OS/c1-15-4-3-5-16(12-15)19(23)20-13-18(17-6-11-24-14-17)22-9-7-21(2)8-10-22/h3-6,11-12,14,18H,7-10,13H2,1-2H3,(H,20,23). The van der Waals surface area contributed by atoms with Crippen molar-refractivity contribution in [2.75, 3.05) is 39.8 Å². The lowest BCUT2D eigenvalue weighted by atomic mass is 10.1. The predicted molar refractivity (Wildman–Crippen MR) is 99.6 cm³/mol. The predicted octanol–water partition coefficient (Wildman–Crippen LogP) is 2.78. The van der Waals surface area contributed by atoms with Crippen molar-refractivity contribution < 1.29 is 4.79 Å². The number of nitrogens with zero attached hydrogens (tertiary/aromatic N) is 2. The number of rotatable bonds is 5. The first-order chi connectivity index (χ1) is 11.6. The molecule has 3 rings (SSSR count). The summed E-state index contributed by atoms with van der Waals surface area (Å²) < 4.78 is 0. The van der Waals surface area contributed by atoms with Gasteiger partial charge in [-0.1, -0.05) is 17.7 Å². The first-order valence-electron chi connectivity index (χ1n) is 8.43. The second-order valence-corrected chi connectivity index (χ2v) is 7.27. The monoisotopic (exact) mass is 343 g/mol. The molecule has 0 aliphatic carbocycles. The molecular weight excluding hydrogens is 318 g/mol. The Labute approximate surface area is 148 Å². The molecule has 0 radical (unpaired) electrons. The van der Waals surface area contributed by atoms with Gasteiger partial charge in [-0.3, -0.25) is 9.69 Å². The lowest BCUT2D eigenvalue weighted by molar-refractivity contribution is 0.0886. The van der Waals surface area contributed by atoms with Crippen LogP contribution in [0, 0.1) is 6.92 Å². The lowest BCUT2D eigenvalue weighted by Crippen LogP contribution is -2.48. The van der Waals surface area contributed by atoms with Gasteiger partial charge in [0.25, 0.3) is 5.91 Å². The van der Waals surface area contributed by atoms with Crippen molar-refractivity contribution in [1.29, 1.82) is 0 Å². The molecule has 1 aliphatic heterocycles. The van der Waals surface area contributed by atoms with E-state index in [0.717, 1.165) is 37.3 Å². The first kappa shape index (κ1) is 17.1. The molecule has 0 saturated carbocycles. The fourth-order valence-corrected chi connectivity index (χ4v) is 3.84. The van der Waals surface area contributed by atoms with Gasteiger partial charge in [-0.05, 0) is 48.5 Å². The maximum Gasteiger partial charge on any atom is 0.251 e. The highest BCUT2D eigenvalue weighted by Gasteiger charge is 2.24.